The van der Waals surface area contributed by atoms with Crippen LogP contribution in [0, 0.1) is 0 Å². The van der Waals surface area contributed by atoms with Crippen molar-refractivity contribution in [2.75, 3.05) is 18.5 Å². The summed E-state index contributed by atoms with van der Waals surface area (Å²) in [5, 5.41) is 11.6. The van der Waals surface area contributed by atoms with Crippen LogP contribution in [0.15, 0.2) is 70.0 Å². The van der Waals surface area contributed by atoms with E-state index in [0.717, 1.165) is 16.7 Å². The van der Waals surface area contributed by atoms with Gasteiger partial charge >= 0.3 is 5.97 Å². The van der Waals surface area contributed by atoms with E-state index in [9.17, 15) is 24.3 Å². The molecule has 0 saturated carbocycles. The molecule has 0 aliphatic carbocycles. The van der Waals surface area contributed by atoms with Crippen LogP contribution in [0.5, 0.6) is 11.5 Å². The molecule has 0 atom stereocenters. The maximum absolute atomic E-state index is 13.0. The summed E-state index contributed by atoms with van der Waals surface area (Å²) in [6.45, 7) is 1.77. The number of carboxylic acid groups (broad SMARTS) is 1. The number of thioether (sulfide) groups is 1. The van der Waals surface area contributed by atoms with Gasteiger partial charge in [-0.3, -0.25) is 19.3 Å². The van der Waals surface area contributed by atoms with Gasteiger partial charge in [0.15, 0.2) is 11.5 Å². The zero-order chi connectivity index (χ0) is 28.8. The number of carbonyl (C=O) groups excluding carboxylic acids is 3. The van der Waals surface area contributed by atoms with E-state index in [4.69, 9.17) is 21.1 Å². The highest BCUT2D eigenvalue weighted by Crippen LogP contribution is 2.40. The molecule has 3 amide bonds. The summed E-state index contributed by atoms with van der Waals surface area (Å²) >= 11 is 10.3. The first-order chi connectivity index (χ1) is 19.2. The third-order valence-corrected chi connectivity index (χ3v) is 7.34. The molecule has 1 aliphatic rings. The number of anilines is 1. The number of para-hydroxylation sites is 1. The average molecular weight is 646 g/mol. The molecule has 1 aliphatic heterocycles. The maximum Gasteiger partial charge on any atom is 0.335 e. The predicted molar refractivity (Wildman–Crippen MR) is 156 cm³/mol. The predicted octanol–water partition coefficient (Wildman–Crippen LogP) is 6.45. The SMILES string of the molecule is CCOc1cc(/C=C2/SC(=O)N(CC(=O)Nc3ccccc3Cl)C2=O)cc(Br)c1OCc1cccc(C(=O)O)c1. The van der Waals surface area contributed by atoms with Crippen molar-refractivity contribution >= 4 is 74.1 Å². The third kappa shape index (κ3) is 7.04. The molecule has 12 heteroatoms. The van der Waals surface area contributed by atoms with E-state index in [-0.39, 0.29) is 17.1 Å². The Morgan fingerprint density at radius 3 is 2.60 bits per heavy atom. The van der Waals surface area contributed by atoms with Crippen molar-refractivity contribution < 1.29 is 33.8 Å². The molecule has 1 heterocycles. The second-order valence-corrected chi connectivity index (χ2v) is 10.6. The number of carbonyl (C=O) groups is 4. The summed E-state index contributed by atoms with van der Waals surface area (Å²) in [6.07, 6.45) is 1.53. The van der Waals surface area contributed by atoms with Crippen molar-refractivity contribution in [1.82, 2.24) is 4.90 Å². The van der Waals surface area contributed by atoms with Crippen molar-refractivity contribution in [2.45, 2.75) is 13.5 Å². The van der Waals surface area contributed by atoms with Gasteiger partial charge in [0.25, 0.3) is 11.1 Å². The zero-order valence-electron chi connectivity index (χ0n) is 21.0. The number of carboxylic acids is 1. The first-order valence-corrected chi connectivity index (χ1v) is 13.9. The van der Waals surface area contributed by atoms with Crippen molar-refractivity contribution in [3.63, 3.8) is 0 Å². The highest BCUT2D eigenvalue weighted by molar-refractivity contribution is 9.10. The van der Waals surface area contributed by atoms with Gasteiger partial charge in [-0.05, 0) is 88.2 Å². The van der Waals surface area contributed by atoms with Gasteiger partial charge in [-0.2, -0.15) is 0 Å². The molecule has 0 bridgehead atoms. The Bertz CT molecular complexity index is 1530. The van der Waals surface area contributed by atoms with E-state index < -0.39 is 29.6 Å². The van der Waals surface area contributed by atoms with E-state index in [0.29, 0.717) is 44.4 Å². The van der Waals surface area contributed by atoms with E-state index in [1.54, 1.807) is 55.5 Å². The Hall–Kier alpha value is -3.80. The fourth-order valence-corrected chi connectivity index (χ4v) is 5.30. The highest BCUT2D eigenvalue weighted by atomic mass is 79.9. The molecule has 4 rings (SSSR count). The van der Waals surface area contributed by atoms with Crippen molar-refractivity contribution in [3.05, 3.63) is 91.8 Å². The average Bonchev–Trinajstić information content (AvgIpc) is 3.17. The monoisotopic (exact) mass is 644 g/mol. The summed E-state index contributed by atoms with van der Waals surface area (Å²) in [7, 11) is 0. The largest absolute Gasteiger partial charge is 0.490 e. The van der Waals surface area contributed by atoms with Crippen LogP contribution in [0.2, 0.25) is 5.02 Å². The highest BCUT2D eigenvalue weighted by Gasteiger charge is 2.36. The van der Waals surface area contributed by atoms with Gasteiger partial charge in [-0.25, -0.2) is 4.79 Å². The number of aromatic carboxylic acids is 1. The van der Waals surface area contributed by atoms with Crippen LogP contribution in [0.3, 0.4) is 0 Å². The zero-order valence-corrected chi connectivity index (χ0v) is 24.1. The number of ether oxygens (including phenoxy) is 2. The first kappa shape index (κ1) is 29.2. The summed E-state index contributed by atoms with van der Waals surface area (Å²) in [6, 6.07) is 16.4. The topological polar surface area (TPSA) is 122 Å². The number of amides is 3. The lowest BCUT2D eigenvalue weighted by Gasteiger charge is -2.15. The third-order valence-electron chi connectivity index (χ3n) is 5.51. The number of benzene rings is 3. The molecule has 0 spiro atoms. The number of hydrogen-bond acceptors (Lipinski definition) is 7. The quantitative estimate of drug-likeness (QED) is 0.241. The number of hydrogen-bond donors (Lipinski definition) is 2. The molecule has 1 saturated heterocycles. The van der Waals surface area contributed by atoms with E-state index in [1.807, 2.05) is 0 Å². The summed E-state index contributed by atoms with van der Waals surface area (Å²) in [5.41, 5.74) is 1.74. The van der Waals surface area contributed by atoms with Crippen LogP contribution < -0.4 is 14.8 Å². The van der Waals surface area contributed by atoms with E-state index in [2.05, 4.69) is 21.2 Å². The van der Waals surface area contributed by atoms with Crippen LogP contribution in [0.4, 0.5) is 10.5 Å². The molecule has 0 aromatic heterocycles. The summed E-state index contributed by atoms with van der Waals surface area (Å²) in [5.74, 6) is -1.42. The lowest BCUT2D eigenvalue weighted by atomic mass is 10.1. The van der Waals surface area contributed by atoms with E-state index in [1.165, 1.54) is 18.2 Å². The van der Waals surface area contributed by atoms with Crippen molar-refractivity contribution in [1.29, 1.82) is 0 Å². The second kappa shape index (κ2) is 13.0. The van der Waals surface area contributed by atoms with Gasteiger partial charge in [0.1, 0.15) is 13.2 Å². The first-order valence-electron chi connectivity index (χ1n) is 11.9. The van der Waals surface area contributed by atoms with Gasteiger partial charge in [0, 0.05) is 0 Å². The van der Waals surface area contributed by atoms with Crippen molar-refractivity contribution in [3.8, 4) is 11.5 Å². The van der Waals surface area contributed by atoms with Crippen LogP contribution in [-0.4, -0.2) is 46.2 Å². The fraction of sp³-hybridized carbons (Fsp3) is 0.143. The van der Waals surface area contributed by atoms with Gasteiger partial charge in [-0.15, -0.1) is 0 Å². The molecular weight excluding hydrogens is 624 g/mol. The molecule has 3 aromatic carbocycles. The molecule has 0 radical (unpaired) electrons. The number of nitrogens with one attached hydrogen (secondary N) is 1. The van der Waals surface area contributed by atoms with Gasteiger partial charge in [0.2, 0.25) is 5.91 Å². The fourth-order valence-electron chi connectivity index (χ4n) is 3.71. The lowest BCUT2D eigenvalue weighted by molar-refractivity contribution is -0.127. The molecule has 0 unspecified atom stereocenters. The molecule has 206 valence electrons. The molecule has 9 nitrogen and oxygen atoms in total. The normalized spacial score (nSPS) is 14.0. The van der Waals surface area contributed by atoms with Crippen LogP contribution in [0.25, 0.3) is 6.08 Å². The minimum Gasteiger partial charge on any atom is -0.490 e. The van der Waals surface area contributed by atoms with Crippen LogP contribution >= 0.6 is 39.3 Å². The second-order valence-electron chi connectivity index (χ2n) is 8.35. The number of imide groups is 1. The minimum absolute atomic E-state index is 0.0916. The molecule has 2 N–H and O–H groups in total. The Morgan fingerprint density at radius 2 is 1.88 bits per heavy atom. The molecule has 3 aromatic rings. The van der Waals surface area contributed by atoms with Gasteiger partial charge in [0.05, 0.1) is 32.3 Å². The van der Waals surface area contributed by atoms with Gasteiger partial charge in [-0.1, -0.05) is 35.9 Å². The Labute approximate surface area is 247 Å². The Kier molecular flexibility index (Phi) is 9.51. The Morgan fingerprint density at radius 1 is 1.10 bits per heavy atom. The van der Waals surface area contributed by atoms with Crippen LogP contribution in [0.1, 0.15) is 28.4 Å². The standard InChI is InChI=1S/C28H22BrClN2O7S/c1-2-38-22-12-17(11-19(29)25(22)39-15-16-6-5-7-18(10-16)27(35)36)13-23-26(34)32(28(37)40-23)14-24(33)31-21-9-4-3-8-20(21)30/h3-13H,2,14-15H2,1H3,(H,31,33)(H,35,36)/b23-13+. The number of nitrogens with zero attached hydrogens (tertiary/aromatic N) is 1. The molecule has 1 fully saturated rings. The molecular formula is C28H22BrClN2O7S. The van der Waals surface area contributed by atoms with Crippen LogP contribution in [-0.2, 0) is 16.2 Å². The lowest BCUT2D eigenvalue weighted by Crippen LogP contribution is -2.36. The maximum atomic E-state index is 13.0. The summed E-state index contributed by atoms with van der Waals surface area (Å²) < 4.78 is 12.2. The number of halogens is 2. The molecule has 40 heavy (non-hydrogen) atoms. The van der Waals surface area contributed by atoms with Crippen molar-refractivity contribution in [2.24, 2.45) is 0 Å². The van der Waals surface area contributed by atoms with Gasteiger partial charge < -0.3 is 19.9 Å². The number of rotatable bonds is 10. The van der Waals surface area contributed by atoms with E-state index >= 15 is 0 Å². The smallest absolute Gasteiger partial charge is 0.335 e. The summed E-state index contributed by atoms with van der Waals surface area (Å²) in [4.78, 5) is 50.3. The minimum atomic E-state index is -1.03. The Balaban J connectivity index is 1.50.